The van der Waals surface area contributed by atoms with Gasteiger partial charge in [0.15, 0.2) is 5.69 Å². The van der Waals surface area contributed by atoms with Crippen LogP contribution in [-0.4, -0.2) is 45.5 Å². The second-order valence-electron chi connectivity index (χ2n) is 5.96. The van der Waals surface area contributed by atoms with Crippen LogP contribution in [0.4, 0.5) is 19.0 Å². The average molecular weight is 363 g/mol. The third kappa shape index (κ3) is 3.45. The highest BCUT2D eigenvalue weighted by Gasteiger charge is 2.35. The van der Waals surface area contributed by atoms with Gasteiger partial charge in [0.25, 0.3) is 5.78 Å². The molecule has 0 bridgehead atoms. The van der Waals surface area contributed by atoms with Gasteiger partial charge in [-0.2, -0.15) is 27.8 Å². The highest BCUT2D eigenvalue weighted by atomic mass is 32.2. The minimum Gasteiger partial charge on any atom is -0.367 e. The number of fused-ring (bicyclic) bond motifs is 1. The minimum atomic E-state index is -4.61. The number of sulfone groups is 1. The molecule has 0 aromatic carbocycles. The Balaban J connectivity index is 1.90. The quantitative estimate of drug-likeness (QED) is 0.896. The van der Waals surface area contributed by atoms with Crippen LogP contribution in [0.25, 0.3) is 5.78 Å². The molecule has 1 saturated carbocycles. The summed E-state index contributed by atoms with van der Waals surface area (Å²) in [6.07, 6.45) is -0.0265. The average Bonchev–Trinajstić information content (AvgIpc) is 2.94. The van der Waals surface area contributed by atoms with Crippen molar-refractivity contribution in [1.29, 1.82) is 0 Å². The maximum atomic E-state index is 13.0. The monoisotopic (exact) mass is 363 g/mol. The predicted molar refractivity (Wildman–Crippen MR) is 80.3 cm³/mol. The molecule has 1 aliphatic carbocycles. The van der Waals surface area contributed by atoms with Crippen molar-refractivity contribution in [3.63, 3.8) is 0 Å². The molecule has 0 amide bonds. The first-order valence-electron chi connectivity index (χ1n) is 7.38. The van der Waals surface area contributed by atoms with Crippen LogP contribution in [0.2, 0.25) is 0 Å². The SMILES string of the molecule is CS(=O)(=O)C1CCCC(Nc2cc(C(F)(F)F)nc3ncnn23)C1. The van der Waals surface area contributed by atoms with Gasteiger partial charge in [0, 0.05) is 18.4 Å². The number of nitrogens with zero attached hydrogens (tertiary/aromatic N) is 4. The normalized spacial score (nSPS) is 22.7. The molecule has 2 atom stereocenters. The van der Waals surface area contributed by atoms with Gasteiger partial charge in [-0.15, -0.1) is 0 Å². The fraction of sp³-hybridized carbons (Fsp3) is 0.615. The molecule has 1 fully saturated rings. The second kappa shape index (κ2) is 5.87. The van der Waals surface area contributed by atoms with E-state index < -0.39 is 27.0 Å². The molecule has 2 unspecified atom stereocenters. The molecule has 2 heterocycles. The van der Waals surface area contributed by atoms with E-state index in [0.29, 0.717) is 25.7 Å². The molecule has 132 valence electrons. The van der Waals surface area contributed by atoms with Crippen molar-refractivity contribution in [3.8, 4) is 0 Å². The van der Waals surface area contributed by atoms with E-state index in [2.05, 4.69) is 20.4 Å². The van der Waals surface area contributed by atoms with Crippen LogP contribution in [0.15, 0.2) is 12.4 Å². The molecule has 24 heavy (non-hydrogen) atoms. The van der Waals surface area contributed by atoms with E-state index in [1.807, 2.05) is 0 Å². The van der Waals surface area contributed by atoms with Gasteiger partial charge >= 0.3 is 6.18 Å². The highest BCUT2D eigenvalue weighted by Crippen LogP contribution is 2.31. The van der Waals surface area contributed by atoms with Crippen LogP contribution in [-0.2, 0) is 16.0 Å². The molecule has 2 aromatic rings. The Morgan fingerprint density at radius 1 is 1.33 bits per heavy atom. The van der Waals surface area contributed by atoms with Crippen LogP contribution in [0, 0.1) is 0 Å². The lowest BCUT2D eigenvalue weighted by atomic mass is 9.95. The third-order valence-electron chi connectivity index (χ3n) is 4.13. The Morgan fingerprint density at radius 3 is 2.75 bits per heavy atom. The van der Waals surface area contributed by atoms with Crippen molar-refractivity contribution < 1.29 is 21.6 Å². The van der Waals surface area contributed by atoms with Crippen molar-refractivity contribution in [3.05, 3.63) is 18.1 Å². The Kier molecular flexibility index (Phi) is 4.14. The van der Waals surface area contributed by atoms with Crippen LogP contribution in [0.1, 0.15) is 31.4 Å². The number of hydrogen-bond acceptors (Lipinski definition) is 6. The lowest BCUT2D eigenvalue weighted by Crippen LogP contribution is -2.34. The van der Waals surface area contributed by atoms with Gasteiger partial charge in [-0.1, -0.05) is 6.42 Å². The van der Waals surface area contributed by atoms with Gasteiger partial charge in [-0.25, -0.2) is 13.4 Å². The number of halogens is 3. The summed E-state index contributed by atoms with van der Waals surface area (Å²) in [7, 11) is -3.18. The first-order valence-corrected chi connectivity index (χ1v) is 9.33. The molecular weight excluding hydrogens is 347 g/mol. The molecule has 2 aromatic heterocycles. The zero-order valence-electron chi connectivity index (χ0n) is 12.8. The fourth-order valence-electron chi connectivity index (χ4n) is 2.93. The molecule has 1 aliphatic rings. The maximum Gasteiger partial charge on any atom is 0.433 e. The molecule has 11 heteroatoms. The van der Waals surface area contributed by atoms with E-state index in [0.717, 1.165) is 12.4 Å². The zero-order valence-corrected chi connectivity index (χ0v) is 13.6. The van der Waals surface area contributed by atoms with Crippen LogP contribution in [0.5, 0.6) is 0 Å². The van der Waals surface area contributed by atoms with E-state index in [4.69, 9.17) is 0 Å². The highest BCUT2D eigenvalue weighted by molar-refractivity contribution is 7.91. The number of alkyl halides is 3. The van der Waals surface area contributed by atoms with Gasteiger partial charge in [0.1, 0.15) is 22.0 Å². The summed E-state index contributed by atoms with van der Waals surface area (Å²) in [5.74, 6) is -0.0632. The lowest BCUT2D eigenvalue weighted by molar-refractivity contribution is -0.141. The van der Waals surface area contributed by atoms with E-state index in [9.17, 15) is 21.6 Å². The molecule has 0 radical (unpaired) electrons. The molecule has 0 saturated heterocycles. The Morgan fingerprint density at radius 2 is 2.08 bits per heavy atom. The number of nitrogens with one attached hydrogen (secondary N) is 1. The molecule has 7 nitrogen and oxygen atoms in total. The predicted octanol–water partition coefficient (Wildman–Crippen LogP) is 1.91. The van der Waals surface area contributed by atoms with Crippen molar-refractivity contribution in [2.75, 3.05) is 11.6 Å². The molecular formula is C13H16F3N5O2S. The van der Waals surface area contributed by atoms with Crippen LogP contribution in [0.3, 0.4) is 0 Å². The van der Waals surface area contributed by atoms with Crippen molar-refractivity contribution in [2.45, 2.75) is 43.2 Å². The smallest absolute Gasteiger partial charge is 0.367 e. The number of aromatic nitrogens is 4. The number of rotatable bonds is 3. The van der Waals surface area contributed by atoms with E-state index in [1.165, 1.54) is 10.8 Å². The maximum absolute atomic E-state index is 13.0. The minimum absolute atomic E-state index is 0.101. The molecule has 3 rings (SSSR count). The van der Waals surface area contributed by atoms with Gasteiger partial charge in [0.05, 0.1) is 5.25 Å². The van der Waals surface area contributed by atoms with Gasteiger partial charge in [-0.05, 0) is 19.3 Å². The summed E-state index contributed by atoms with van der Waals surface area (Å²) in [5.41, 5.74) is -1.07. The number of anilines is 1. The Hall–Kier alpha value is -1.91. The van der Waals surface area contributed by atoms with E-state index in [1.54, 1.807) is 0 Å². The Bertz CT molecular complexity index is 849. The van der Waals surface area contributed by atoms with Gasteiger partial charge < -0.3 is 5.32 Å². The summed E-state index contributed by atoms with van der Waals surface area (Å²) in [6.45, 7) is 0. The molecule has 0 spiro atoms. The summed E-state index contributed by atoms with van der Waals surface area (Å²) in [5, 5.41) is 6.36. The van der Waals surface area contributed by atoms with Gasteiger partial charge in [-0.3, -0.25) is 0 Å². The first kappa shape index (κ1) is 16.9. The molecule has 1 N–H and O–H groups in total. The summed E-state index contributed by atoms with van der Waals surface area (Å²) in [4.78, 5) is 7.15. The molecule has 0 aliphatic heterocycles. The van der Waals surface area contributed by atoms with E-state index >= 15 is 0 Å². The summed E-state index contributed by atoms with van der Waals surface area (Å²) >= 11 is 0. The summed E-state index contributed by atoms with van der Waals surface area (Å²) in [6, 6.07) is 0.612. The van der Waals surface area contributed by atoms with Crippen molar-refractivity contribution >= 4 is 21.4 Å². The second-order valence-corrected chi connectivity index (χ2v) is 8.28. The first-order chi connectivity index (χ1) is 11.1. The number of hydrogen-bond donors (Lipinski definition) is 1. The zero-order chi connectivity index (χ0) is 17.5. The standard InChI is InChI=1S/C13H16F3N5O2S/c1-24(22,23)9-4-2-3-8(5-9)19-11-6-10(13(14,15)16)20-12-17-7-18-21(11)12/h6-9,19H,2-5H2,1H3. The van der Waals surface area contributed by atoms with Crippen LogP contribution >= 0.6 is 0 Å². The largest absolute Gasteiger partial charge is 0.433 e. The van der Waals surface area contributed by atoms with Crippen LogP contribution < -0.4 is 5.32 Å². The van der Waals surface area contributed by atoms with E-state index in [-0.39, 0.29) is 17.6 Å². The Labute approximate surface area is 136 Å². The lowest BCUT2D eigenvalue weighted by Gasteiger charge is -2.29. The third-order valence-corrected chi connectivity index (χ3v) is 5.77. The topological polar surface area (TPSA) is 89.2 Å². The van der Waals surface area contributed by atoms with Crippen molar-refractivity contribution in [1.82, 2.24) is 19.6 Å². The fourth-order valence-corrected chi connectivity index (χ4v) is 4.11. The van der Waals surface area contributed by atoms with Crippen molar-refractivity contribution in [2.24, 2.45) is 0 Å². The summed E-state index contributed by atoms with van der Waals surface area (Å²) < 4.78 is 63.5. The van der Waals surface area contributed by atoms with Gasteiger partial charge in [0.2, 0.25) is 0 Å².